The van der Waals surface area contributed by atoms with Gasteiger partial charge in [-0.25, -0.2) is 0 Å². The molecule has 0 saturated heterocycles. The highest BCUT2D eigenvalue weighted by Gasteiger charge is 2.52. The van der Waals surface area contributed by atoms with E-state index in [9.17, 15) is 14.7 Å². The third-order valence-corrected chi connectivity index (χ3v) is 4.15. The maximum atomic E-state index is 12.3. The van der Waals surface area contributed by atoms with Crippen molar-refractivity contribution in [2.45, 2.75) is 31.6 Å². The Bertz CT molecular complexity index is 507. The van der Waals surface area contributed by atoms with Crippen molar-refractivity contribution in [1.29, 1.82) is 0 Å². The number of hydrogen-bond donors (Lipinski definition) is 1. The van der Waals surface area contributed by atoms with Gasteiger partial charge in [0.2, 0.25) is 0 Å². The van der Waals surface area contributed by atoms with E-state index < -0.39 is 17.4 Å². The van der Waals surface area contributed by atoms with E-state index >= 15 is 0 Å². The average Bonchev–Trinajstić information content (AvgIpc) is 3.21. The Labute approximate surface area is 126 Å². The molecule has 0 amide bonds. The van der Waals surface area contributed by atoms with E-state index in [1.165, 1.54) is 0 Å². The average molecular weight is 341 g/mol. The number of rotatable bonds is 6. The molecule has 1 unspecified atom stereocenters. The molecule has 1 N–H and O–H groups in total. The first-order chi connectivity index (χ1) is 9.50. The van der Waals surface area contributed by atoms with E-state index in [0.717, 1.165) is 17.3 Å². The van der Waals surface area contributed by atoms with Gasteiger partial charge in [-0.15, -0.1) is 0 Å². The lowest BCUT2D eigenvalue weighted by molar-refractivity contribution is -0.162. The molecule has 1 aliphatic rings. The van der Waals surface area contributed by atoms with Gasteiger partial charge < -0.3 is 9.84 Å². The smallest absolute Gasteiger partial charge is 0.328 e. The number of carboxylic acids is 1. The second-order valence-corrected chi connectivity index (χ2v) is 6.00. The van der Waals surface area contributed by atoms with Crippen molar-refractivity contribution in [2.24, 2.45) is 5.92 Å². The van der Waals surface area contributed by atoms with E-state index in [2.05, 4.69) is 15.9 Å². The summed E-state index contributed by atoms with van der Waals surface area (Å²) in [7, 11) is 0. The van der Waals surface area contributed by atoms with Crippen LogP contribution < -0.4 is 0 Å². The van der Waals surface area contributed by atoms with Gasteiger partial charge in [-0.05, 0) is 37.0 Å². The maximum Gasteiger partial charge on any atom is 0.328 e. The number of carbonyl (C=O) groups excluding carboxylic acids is 1. The molecule has 0 radical (unpaired) electrons. The predicted octanol–water partition coefficient (Wildman–Crippen LogP) is 3.13. The Morgan fingerprint density at radius 2 is 1.95 bits per heavy atom. The number of ether oxygens (including phenoxy) is 1. The highest BCUT2D eigenvalue weighted by molar-refractivity contribution is 9.10. The fourth-order valence-corrected chi connectivity index (χ4v) is 2.63. The van der Waals surface area contributed by atoms with Gasteiger partial charge in [-0.3, -0.25) is 9.59 Å². The van der Waals surface area contributed by atoms with Crippen molar-refractivity contribution in [3.05, 3.63) is 34.3 Å². The SMILES string of the molecule is CCOC(=O)C(CC1CC1)(C(=O)O)c1ccc(Br)cc1. The zero-order valence-electron chi connectivity index (χ0n) is 11.3. The van der Waals surface area contributed by atoms with Crippen LogP contribution in [0.3, 0.4) is 0 Å². The fraction of sp³-hybridized carbons (Fsp3) is 0.467. The summed E-state index contributed by atoms with van der Waals surface area (Å²) >= 11 is 3.32. The van der Waals surface area contributed by atoms with Crippen LogP contribution >= 0.6 is 15.9 Å². The molecule has 1 aromatic rings. The lowest BCUT2D eigenvalue weighted by Crippen LogP contribution is -2.45. The van der Waals surface area contributed by atoms with Crippen LogP contribution in [0.1, 0.15) is 31.7 Å². The van der Waals surface area contributed by atoms with Crippen LogP contribution in [0.25, 0.3) is 0 Å². The van der Waals surface area contributed by atoms with E-state index in [0.29, 0.717) is 17.9 Å². The van der Waals surface area contributed by atoms with Crippen molar-refractivity contribution in [3.8, 4) is 0 Å². The minimum atomic E-state index is -1.59. The van der Waals surface area contributed by atoms with Crippen molar-refractivity contribution < 1.29 is 19.4 Å². The topological polar surface area (TPSA) is 63.6 Å². The fourth-order valence-electron chi connectivity index (χ4n) is 2.36. The van der Waals surface area contributed by atoms with Gasteiger partial charge in [-0.2, -0.15) is 0 Å². The largest absolute Gasteiger partial charge is 0.480 e. The molecular formula is C15H17BrO4. The summed E-state index contributed by atoms with van der Waals surface area (Å²) in [6.07, 6.45) is 2.26. The maximum absolute atomic E-state index is 12.3. The third kappa shape index (κ3) is 2.87. The molecule has 1 fully saturated rings. The summed E-state index contributed by atoms with van der Waals surface area (Å²) in [6, 6.07) is 6.85. The summed E-state index contributed by atoms with van der Waals surface area (Å²) in [4.78, 5) is 24.2. The molecule has 0 heterocycles. The molecule has 0 aromatic heterocycles. The standard InChI is InChI=1S/C15H17BrO4/c1-2-20-14(19)15(13(17)18,9-10-3-4-10)11-5-7-12(16)8-6-11/h5-8,10H,2-4,9H2,1H3,(H,17,18). The summed E-state index contributed by atoms with van der Waals surface area (Å²) < 4.78 is 5.89. The molecule has 20 heavy (non-hydrogen) atoms. The number of carboxylic acid groups (broad SMARTS) is 1. The molecule has 0 spiro atoms. The first kappa shape index (κ1) is 15.0. The molecule has 0 aliphatic heterocycles. The lowest BCUT2D eigenvalue weighted by atomic mass is 9.76. The second kappa shape index (κ2) is 5.95. The van der Waals surface area contributed by atoms with Gasteiger partial charge in [0.1, 0.15) is 0 Å². The van der Waals surface area contributed by atoms with Crippen LogP contribution in [0.2, 0.25) is 0 Å². The number of benzene rings is 1. The van der Waals surface area contributed by atoms with Crippen molar-refractivity contribution >= 4 is 27.9 Å². The highest BCUT2D eigenvalue weighted by atomic mass is 79.9. The Morgan fingerprint density at radius 3 is 2.40 bits per heavy atom. The van der Waals surface area contributed by atoms with Crippen LogP contribution in [-0.4, -0.2) is 23.7 Å². The summed E-state index contributed by atoms with van der Waals surface area (Å²) in [6.45, 7) is 1.86. The number of hydrogen-bond acceptors (Lipinski definition) is 3. The van der Waals surface area contributed by atoms with Crippen molar-refractivity contribution in [3.63, 3.8) is 0 Å². The Kier molecular flexibility index (Phi) is 4.48. The highest BCUT2D eigenvalue weighted by Crippen LogP contribution is 2.43. The van der Waals surface area contributed by atoms with Gasteiger partial charge in [0.25, 0.3) is 0 Å². The molecule has 1 aliphatic carbocycles. The molecule has 108 valence electrons. The van der Waals surface area contributed by atoms with Crippen LogP contribution in [-0.2, 0) is 19.7 Å². The summed E-state index contributed by atoms with van der Waals surface area (Å²) in [5.41, 5.74) is -1.10. The van der Waals surface area contributed by atoms with E-state index in [4.69, 9.17) is 4.74 Å². The number of carbonyl (C=O) groups is 2. The zero-order valence-corrected chi connectivity index (χ0v) is 12.9. The number of halogens is 1. The van der Waals surface area contributed by atoms with Crippen molar-refractivity contribution in [2.75, 3.05) is 6.61 Å². The molecule has 2 rings (SSSR count). The minimum absolute atomic E-state index is 0.176. The first-order valence-electron chi connectivity index (χ1n) is 6.67. The van der Waals surface area contributed by atoms with Crippen LogP contribution in [0.5, 0.6) is 0 Å². The molecule has 1 saturated carbocycles. The number of aliphatic carboxylic acids is 1. The normalized spacial score (nSPS) is 17.3. The van der Waals surface area contributed by atoms with Crippen molar-refractivity contribution in [1.82, 2.24) is 0 Å². The summed E-state index contributed by atoms with van der Waals surface area (Å²) in [5.74, 6) is -1.51. The zero-order chi connectivity index (χ0) is 14.8. The third-order valence-electron chi connectivity index (χ3n) is 3.62. The first-order valence-corrected chi connectivity index (χ1v) is 7.46. The van der Waals surface area contributed by atoms with E-state index in [-0.39, 0.29) is 6.61 Å². The van der Waals surface area contributed by atoms with Crippen LogP contribution in [0.4, 0.5) is 0 Å². The number of esters is 1. The second-order valence-electron chi connectivity index (χ2n) is 5.09. The van der Waals surface area contributed by atoms with Gasteiger partial charge in [0.15, 0.2) is 5.41 Å². The van der Waals surface area contributed by atoms with Gasteiger partial charge in [-0.1, -0.05) is 40.9 Å². The van der Waals surface area contributed by atoms with Gasteiger partial charge >= 0.3 is 11.9 Å². The molecule has 1 atom stereocenters. The van der Waals surface area contributed by atoms with Crippen LogP contribution in [0, 0.1) is 5.92 Å². The monoisotopic (exact) mass is 340 g/mol. The van der Waals surface area contributed by atoms with E-state index in [1.807, 2.05) is 0 Å². The Morgan fingerprint density at radius 1 is 1.35 bits per heavy atom. The van der Waals surface area contributed by atoms with E-state index in [1.54, 1.807) is 31.2 Å². The molecule has 4 nitrogen and oxygen atoms in total. The molecule has 1 aromatic carbocycles. The molecule has 5 heteroatoms. The molecular weight excluding hydrogens is 324 g/mol. The quantitative estimate of drug-likeness (QED) is 0.638. The van der Waals surface area contributed by atoms with Crippen LogP contribution in [0.15, 0.2) is 28.7 Å². The summed E-state index contributed by atoms with van der Waals surface area (Å²) in [5, 5.41) is 9.71. The minimum Gasteiger partial charge on any atom is -0.480 e. The van der Waals surface area contributed by atoms with Gasteiger partial charge in [0.05, 0.1) is 6.61 Å². The Balaban J connectivity index is 2.46. The molecule has 0 bridgehead atoms. The van der Waals surface area contributed by atoms with Gasteiger partial charge in [0, 0.05) is 4.47 Å². The Hall–Kier alpha value is -1.36. The predicted molar refractivity (Wildman–Crippen MR) is 77.4 cm³/mol. The lowest BCUT2D eigenvalue weighted by Gasteiger charge is -2.27.